The van der Waals surface area contributed by atoms with E-state index in [1.165, 1.54) is 37.7 Å². The van der Waals surface area contributed by atoms with Crippen LogP contribution in [0.4, 0.5) is 0 Å². The third-order valence-electron chi connectivity index (χ3n) is 5.17. The largest absolute Gasteiger partial charge is 0.494 e. The summed E-state index contributed by atoms with van der Waals surface area (Å²) in [5, 5.41) is 3.07. The van der Waals surface area contributed by atoms with Gasteiger partial charge in [0.15, 0.2) is 0 Å². The minimum absolute atomic E-state index is 0.0859. The van der Waals surface area contributed by atoms with Crippen molar-refractivity contribution in [3.63, 3.8) is 0 Å². The van der Waals surface area contributed by atoms with Gasteiger partial charge in [0.05, 0.1) is 13.2 Å². The van der Waals surface area contributed by atoms with Crippen LogP contribution in [0.3, 0.4) is 0 Å². The predicted octanol–water partition coefficient (Wildman–Crippen LogP) is 3.29. The first-order valence-corrected chi connectivity index (χ1v) is 10.1. The van der Waals surface area contributed by atoms with Crippen molar-refractivity contribution in [2.24, 2.45) is 0 Å². The van der Waals surface area contributed by atoms with Crippen LogP contribution in [0.5, 0.6) is 11.5 Å². The molecule has 26 heavy (non-hydrogen) atoms. The van der Waals surface area contributed by atoms with Gasteiger partial charge < -0.3 is 14.8 Å². The molecule has 1 atom stereocenters. The van der Waals surface area contributed by atoms with E-state index < -0.39 is 0 Å². The second-order valence-corrected chi connectivity index (χ2v) is 7.45. The maximum atomic E-state index is 12.4. The Morgan fingerprint density at radius 3 is 2.69 bits per heavy atom. The zero-order chi connectivity index (χ0) is 18.4. The summed E-state index contributed by atoms with van der Waals surface area (Å²) in [5.74, 6) is 1.87. The standard InChI is InChI=1S/C21H32N2O3/c1-3-25-19-12-17-11-16(2)26-20(17)13-18(19)14-22-21(24)15-23-9-7-5-4-6-8-10-23/h12-13,16H,3-11,14-15H2,1-2H3,(H,22,24)/t16-/m0/s1. The summed E-state index contributed by atoms with van der Waals surface area (Å²) in [6.45, 7) is 7.70. The van der Waals surface area contributed by atoms with Crippen molar-refractivity contribution in [2.45, 2.75) is 65.0 Å². The summed E-state index contributed by atoms with van der Waals surface area (Å²) in [4.78, 5) is 14.7. The number of likely N-dealkylation sites (tertiary alicyclic amines) is 1. The molecule has 3 rings (SSSR count). The van der Waals surface area contributed by atoms with Crippen LogP contribution < -0.4 is 14.8 Å². The van der Waals surface area contributed by atoms with Gasteiger partial charge >= 0.3 is 0 Å². The molecule has 5 heteroatoms. The molecular weight excluding hydrogens is 328 g/mol. The summed E-state index contributed by atoms with van der Waals surface area (Å²) >= 11 is 0. The fourth-order valence-corrected chi connectivity index (χ4v) is 3.83. The van der Waals surface area contributed by atoms with E-state index in [0.717, 1.165) is 36.6 Å². The molecular formula is C21H32N2O3. The predicted molar refractivity (Wildman–Crippen MR) is 103 cm³/mol. The van der Waals surface area contributed by atoms with E-state index >= 15 is 0 Å². The van der Waals surface area contributed by atoms with Gasteiger partial charge in [-0.05, 0) is 51.9 Å². The van der Waals surface area contributed by atoms with Crippen LogP contribution >= 0.6 is 0 Å². The van der Waals surface area contributed by atoms with Crippen molar-refractivity contribution in [1.82, 2.24) is 10.2 Å². The molecule has 0 bridgehead atoms. The molecule has 0 unspecified atom stereocenters. The first-order chi connectivity index (χ1) is 12.7. The monoisotopic (exact) mass is 360 g/mol. The van der Waals surface area contributed by atoms with Gasteiger partial charge in [0.2, 0.25) is 5.91 Å². The normalized spacial score (nSPS) is 20.6. The molecule has 0 aliphatic carbocycles. The summed E-state index contributed by atoms with van der Waals surface area (Å²) in [5.41, 5.74) is 2.18. The summed E-state index contributed by atoms with van der Waals surface area (Å²) in [6, 6.07) is 4.10. The lowest BCUT2D eigenvalue weighted by Gasteiger charge is -2.23. The van der Waals surface area contributed by atoms with Crippen LogP contribution in [0.15, 0.2) is 12.1 Å². The smallest absolute Gasteiger partial charge is 0.234 e. The van der Waals surface area contributed by atoms with Crippen molar-refractivity contribution in [3.8, 4) is 11.5 Å². The second-order valence-electron chi connectivity index (χ2n) is 7.45. The van der Waals surface area contributed by atoms with Crippen LogP contribution in [-0.4, -0.2) is 43.2 Å². The molecule has 0 aromatic heterocycles. The Bertz CT molecular complexity index is 610. The Morgan fingerprint density at radius 2 is 1.96 bits per heavy atom. The number of fused-ring (bicyclic) bond motifs is 1. The van der Waals surface area contributed by atoms with Crippen molar-refractivity contribution < 1.29 is 14.3 Å². The fourth-order valence-electron chi connectivity index (χ4n) is 3.83. The average Bonchev–Trinajstić information content (AvgIpc) is 2.94. The van der Waals surface area contributed by atoms with Gasteiger partial charge in [-0.15, -0.1) is 0 Å². The van der Waals surface area contributed by atoms with E-state index in [4.69, 9.17) is 9.47 Å². The van der Waals surface area contributed by atoms with Crippen LogP contribution in [0.1, 0.15) is 57.1 Å². The molecule has 1 aromatic carbocycles. The van der Waals surface area contributed by atoms with E-state index in [-0.39, 0.29) is 12.0 Å². The Labute approximate surface area is 157 Å². The molecule has 1 aromatic rings. The quantitative estimate of drug-likeness (QED) is 0.846. The first-order valence-electron chi connectivity index (χ1n) is 10.1. The van der Waals surface area contributed by atoms with Crippen LogP contribution in [-0.2, 0) is 17.8 Å². The number of carbonyl (C=O) groups is 1. The van der Waals surface area contributed by atoms with Gasteiger partial charge in [-0.3, -0.25) is 9.69 Å². The summed E-state index contributed by atoms with van der Waals surface area (Å²) < 4.78 is 11.7. The van der Waals surface area contributed by atoms with Crippen molar-refractivity contribution in [2.75, 3.05) is 26.2 Å². The number of ether oxygens (including phenoxy) is 2. The molecule has 0 spiro atoms. The number of hydrogen-bond acceptors (Lipinski definition) is 4. The van der Waals surface area contributed by atoms with Gasteiger partial charge in [0, 0.05) is 24.1 Å². The van der Waals surface area contributed by atoms with E-state index in [1.54, 1.807) is 0 Å². The second kappa shape index (κ2) is 9.26. The Hall–Kier alpha value is -1.75. The SMILES string of the molecule is CCOc1cc2c(cc1CNC(=O)CN1CCCCCCC1)O[C@@H](C)C2. The topological polar surface area (TPSA) is 50.8 Å². The van der Waals surface area contributed by atoms with Crippen LogP contribution in [0.25, 0.3) is 0 Å². The molecule has 2 aliphatic rings. The molecule has 144 valence electrons. The zero-order valence-corrected chi connectivity index (χ0v) is 16.2. The molecule has 2 heterocycles. The highest BCUT2D eigenvalue weighted by Gasteiger charge is 2.22. The zero-order valence-electron chi connectivity index (χ0n) is 16.2. The first kappa shape index (κ1) is 19.0. The van der Waals surface area contributed by atoms with E-state index in [2.05, 4.69) is 23.2 Å². The fraction of sp³-hybridized carbons (Fsp3) is 0.667. The molecule has 1 saturated heterocycles. The van der Waals surface area contributed by atoms with Gasteiger partial charge in [0.1, 0.15) is 17.6 Å². The lowest BCUT2D eigenvalue weighted by Crippen LogP contribution is -2.38. The van der Waals surface area contributed by atoms with Gasteiger partial charge in [0.25, 0.3) is 0 Å². The minimum atomic E-state index is 0.0859. The highest BCUT2D eigenvalue weighted by atomic mass is 16.5. The Morgan fingerprint density at radius 1 is 1.23 bits per heavy atom. The van der Waals surface area contributed by atoms with Gasteiger partial charge in [-0.1, -0.05) is 19.3 Å². The number of hydrogen-bond donors (Lipinski definition) is 1. The number of nitrogens with zero attached hydrogens (tertiary/aromatic N) is 1. The van der Waals surface area contributed by atoms with Crippen LogP contribution in [0, 0.1) is 0 Å². The van der Waals surface area contributed by atoms with Crippen molar-refractivity contribution in [1.29, 1.82) is 0 Å². The maximum absolute atomic E-state index is 12.4. The molecule has 1 amide bonds. The maximum Gasteiger partial charge on any atom is 0.234 e. The minimum Gasteiger partial charge on any atom is -0.494 e. The molecule has 2 aliphatic heterocycles. The number of rotatable bonds is 6. The highest BCUT2D eigenvalue weighted by Crippen LogP contribution is 2.35. The third kappa shape index (κ3) is 5.13. The molecule has 5 nitrogen and oxygen atoms in total. The van der Waals surface area contributed by atoms with Gasteiger partial charge in [-0.2, -0.15) is 0 Å². The number of nitrogens with one attached hydrogen (secondary N) is 1. The average molecular weight is 360 g/mol. The lowest BCUT2D eigenvalue weighted by molar-refractivity contribution is -0.122. The van der Waals surface area contributed by atoms with Crippen molar-refractivity contribution in [3.05, 3.63) is 23.3 Å². The highest BCUT2D eigenvalue weighted by molar-refractivity contribution is 5.78. The van der Waals surface area contributed by atoms with Crippen molar-refractivity contribution >= 4 is 5.91 Å². The Balaban J connectivity index is 1.57. The third-order valence-corrected chi connectivity index (χ3v) is 5.17. The number of benzene rings is 1. The van der Waals surface area contributed by atoms with Crippen LogP contribution in [0.2, 0.25) is 0 Å². The van der Waals surface area contributed by atoms with E-state index in [9.17, 15) is 4.79 Å². The molecule has 1 N–H and O–H groups in total. The summed E-state index contributed by atoms with van der Waals surface area (Å²) in [6.07, 6.45) is 7.41. The van der Waals surface area contributed by atoms with E-state index in [1.807, 2.05) is 13.0 Å². The number of amides is 1. The molecule has 0 radical (unpaired) electrons. The Kier molecular flexibility index (Phi) is 6.78. The van der Waals surface area contributed by atoms with E-state index in [0.29, 0.717) is 19.7 Å². The molecule has 0 saturated carbocycles. The summed E-state index contributed by atoms with van der Waals surface area (Å²) in [7, 11) is 0. The van der Waals surface area contributed by atoms with Gasteiger partial charge in [-0.25, -0.2) is 0 Å². The number of carbonyl (C=O) groups excluding carboxylic acids is 1. The lowest BCUT2D eigenvalue weighted by atomic mass is 10.1. The molecule has 1 fully saturated rings.